The SMILES string of the molecule is COCCNC(=O)Cn1c(N)nc2cc(I)ccc21. The molecule has 3 N–H and O–H groups in total. The zero-order valence-electron chi connectivity index (χ0n) is 10.5. The Labute approximate surface area is 124 Å². The number of fused-ring (bicyclic) bond motifs is 1. The Balaban J connectivity index is 2.16. The van der Waals surface area contributed by atoms with Crippen molar-refractivity contribution in [2.24, 2.45) is 0 Å². The van der Waals surface area contributed by atoms with Crippen molar-refractivity contribution in [1.82, 2.24) is 14.9 Å². The van der Waals surface area contributed by atoms with E-state index in [1.54, 1.807) is 11.7 Å². The minimum absolute atomic E-state index is 0.110. The molecule has 1 aromatic heterocycles. The van der Waals surface area contributed by atoms with Crippen LogP contribution in [-0.2, 0) is 16.1 Å². The molecule has 0 atom stereocenters. The summed E-state index contributed by atoms with van der Waals surface area (Å²) in [6.07, 6.45) is 0. The van der Waals surface area contributed by atoms with Gasteiger partial charge < -0.3 is 20.4 Å². The van der Waals surface area contributed by atoms with Gasteiger partial charge in [0.2, 0.25) is 11.9 Å². The van der Waals surface area contributed by atoms with Crippen molar-refractivity contribution in [3.63, 3.8) is 0 Å². The molecule has 0 aliphatic heterocycles. The molecule has 0 saturated carbocycles. The Bertz CT molecular complexity index is 597. The number of anilines is 1. The van der Waals surface area contributed by atoms with Crippen LogP contribution in [-0.4, -0.2) is 35.7 Å². The summed E-state index contributed by atoms with van der Waals surface area (Å²) in [5, 5.41) is 2.76. The van der Waals surface area contributed by atoms with E-state index < -0.39 is 0 Å². The summed E-state index contributed by atoms with van der Waals surface area (Å²) < 4.78 is 7.66. The van der Waals surface area contributed by atoms with Crippen molar-refractivity contribution >= 4 is 45.5 Å². The van der Waals surface area contributed by atoms with E-state index in [-0.39, 0.29) is 12.5 Å². The van der Waals surface area contributed by atoms with Gasteiger partial charge in [0.05, 0.1) is 17.6 Å². The normalized spacial score (nSPS) is 10.8. The second-order valence-electron chi connectivity index (χ2n) is 4.03. The molecule has 0 bridgehead atoms. The Morgan fingerprint density at radius 2 is 2.37 bits per heavy atom. The maximum atomic E-state index is 11.8. The summed E-state index contributed by atoms with van der Waals surface area (Å²) in [5.41, 5.74) is 7.51. The van der Waals surface area contributed by atoms with E-state index in [9.17, 15) is 4.79 Å². The number of carbonyl (C=O) groups excluding carboxylic acids is 1. The molecule has 1 aromatic carbocycles. The average Bonchev–Trinajstić information content (AvgIpc) is 2.65. The van der Waals surface area contributed by atoms with Crippen LogP contribution in [0, 0.1) is 3.57 Å². The highest BCUT2D eigenvalue weighted by Gasteiger charge is 2.11. The van der Waals surface area contributed by atoms with Gasteiger partial charge in [-0.25, -0.2) is 4.98 Å². The van der Waals surface area contributed by atoms with Gasteiger partial charge in [0.25, 0.3) is 0 Å². The molecule has 2 aromatic rings. The zero-order valence-corrected chi connectivity index (χ0v) is 12.7. The fourth-order valence-electron chi connectivity index (χ4n) is 1.78. The molecule has 0 spiro atoms. The molecular formula is C12H15IN4O2. The second kappa shape index (κ2) is 6.20. The van der Waals surface area contributed by atoms with Gasteiger partial charge in [0, 0.05) is 17.2 Å². The predicted molar refractivity (Wildman–Crippen MR) is 81.7 cm³/mol. The van der Waals surface area contributed by atoms with Crippen molar-refractivity contribution < 1.29 is 9.53 Å². The van der Waals surface area contributed by atoms with Crippen molar-refractivity contribution in [2.75, 3.05) is 26.0 Å². The molecule has 102 valence electrons. The van der Waals surface area contributed by atoms with E-state index in [0.29, 0.717) is 19.1 Å². The quantitative estimate of drug-likeness (QED) is 0.604. The summed E-state index contributed by atoms with van der Waals surface area (Å²) in [6, 6.07) is 5.82. The van der Waals surface area contributed by atoms with Crippen LogP contribution >= 0.6 is 22.6 Å². The fraction of sp³-hybridized carbons (Fsp3) is 0.333. The molecule has 0 radical (unpaired) electrons. The van der Waals surface area contributed by atoms with Crippen molar-refractivity contribution in [1.29, 1.82) is 0 Å². The van der Waals surface area contributed by atoms with E-state index in [2.05, 4.69) is 32.9 Å². The van der Waals surface area contributed by atoms with Crippen LogP contribution in [0.15, 0.2) is 18.2 Å². The highest BCUT2D eigenvalue weighted by Crippen LogP contribution is 2.19. The standard InChI is InChI=1S/C12H15IN4O2/c1-19-5-4-15-11(18)7-17-10-3-2-8(13)6-9(10)16-12(17)14/h2-3,6H,4-5,7H2,1H3,(H2,14,16)(H,15,18). The number of nitrogen functional groups attached to an aromatic ring is 1. The minimum atomic E-state index is -0.110. The van der Waals surface area contributed by atoms with Gasteiger partial charge in [0.15, 0.2) is 0 Å². The summed E-state index contributed by atoms with van der Waals surface area (Å²) in [7, 11) is 1.59. The molecule has 7 heteroatoms. The Kier molecular flexibility index (Phi) is 4.59. The van der Waals surface area contributed by atoms with Gasteiger partial charge in [0.1, 0.15) is 6.54 Å². The molecule has 0 unspecified atom stereocenters. The maximum Gasteiger partial charge on any atom is 0.240 e. The summed E-state index contributed by atoms with van der Waals surface area (Å²) in [4.78, 5) is 16.0. The first-order valence-corrected chi connectivity index (χ1v) is 6.86. The predicted octanol–water partition coefficient (Wildman–Crippen LogP) is 0.986. The first kappa shape index (κ1) is 14.1. The van der Waals surface area contributed by atoms with E-state index in [4.69, 9.17) is 10.5 Å². The number of aromatic nitrogens is 2. The number of hydrogen-bond donors (Lipinski definition) is 2. The lowest BCUT2D eigenvalue weighted by Gasteiger charge is -2.07. The largest absolute Gasteiger partial charge is 0.383 e. The number of nitrogens with one attached hydrogen (secondary N) is 1. The molecule has 0 fully saturated rings. The van der Waals surface area contributed by atoms with Crippen molar-refractivity contribution in [2.45, 2.75) is 6.54 Å². The highest BCUT2D eigenvalue weighted by atomic mass is 127. The Morgan fingerprint density at radius 1 is 1.58 bits per heavy atom. The molecule has 1 amide bonds. The summed E-state index contributed by atoms with van der Waals surface area (Å²) in [5.74, 6) is 0.237. The molecule has 6 nitrogen and oxygen atoms in total. The molecule has 0 aliphatic carbocycles. The first-order chi connectivity index (χ1) is 9.11. The molecule has 0 aliphatic rings. The molecule has 19 heavy (non-hydrogen) atoms. The number of amides is 1. The van der Waals surface area contributed by atoms with Crippen LogP contribution in [0.3, 0.4) is 0 Å². The fourth-order valence-corrected chi connectivity index (χ4v) is 2.25. The number of benzene rings is 1. The molecule has 0 saturated heterocycles. The molecule has 1 heterocycles. The monoisotopic (exact) mass is 374 g/mol. The summed E-state index contributed by atoms with van der Waals surface area (Å²) >= 11 is 2.21. The number of ether oxygens (including phenoxy) is 1. The number of nitrogens with two attached hydrogens (primary N) is 1. The smallest absolute Gasteiger partial charge is 0.240 e. The number of nitrogens with zero attached hydrogens (tertiary/aromatic N) is 2. The number of methoxy groups -OCH3 is 1. The van der Waals surface area contributed by atoms with Gasteiger partial charge >= 0.3 is 0 Å². The molecular weight excluding hydrogens is 359 g/mol. The third-order valence-electron chi connectivity index (χ3n) is 2.67. The van der Waals surface area contributed by atoms with Crippen molar-refractivity contribution in [3.05, 3.63) is 21.8 Å². The number of carbonyl (C=O) groups is 1. The van der Waals surface area contributed by atoms with E-state index in [1.165, 1.54) is 0 Å². The van der Waals surface area contributed by atoms with Gasteiger partial charge in [-0.1, -0.05) is 0 Å². The zero-order chi connectivity index (χ0) is 13.8. The third kappa shape index (κ3) is 3.35. The van der Waals surface area contributed by atoms with Gasteiger partial charge in [-0.15, -0.1) is 0 Å². The number of imidazole rings is 1. The van der Waals surface area contributed by atoms with E-state index in [1.807, 2.05) is 18.2 Å². The van der Waals surface area contributed by atoms with Crippen molar-refractivity contribution in [3.8, 4) is 0 Å². The van der Waals surface area contributed by atoms with Crippen LogP contribution in [0.1, 0.15) is 0 Å². The summed E-state index contributed by atoms with van der Waals surface area (Å²) in [6.45, 7) is 1.14. The number of hydrogen-bond acceptors (Lipinski definition) is 4. The molecule has 2 rings (SSSR count). The van der Waals surface area contributed by atoms with Crippen LogP contribution in [0.2, 0.25) is 0 Å². The van der Waals surface area contributed by atoms with E-state index >= 15 is 0 Å². The topological polar surface area (TPSA) is 82.2 Å². The lowest BCUT2D eigenvalue weighted by molar-refractivity contribution is -0.121. The Hall–Kier alpha value is -1.35. The van der Waals surface area contributed by atoms with Crippen LogP contribution < -0.4 is 11.1 Å². The van der Waals surface area contributed by atoms with Gasteiger partial charge in [-0.05, 0) is 40.8 Å². The van der Waals surface area contributed by atoms with Gasteiger partial charge in [-0.3, -0.25) is 4.79 Å². The maximum absolute atomic E-state index is 11.8. The van der Waals surface area contributed by atoms with E-state index in [0.717, 1.165) is 14.6 Å². The average molecular weight is 374 g/mol. The minimum Gasteiger partial charge on any atom is -0.383 e. The Morgan fingerprint density at radius 3 is 3.11 bits per heavy atom. The first-order valence-electron chi connectivity index (χ1n) is 5.78. The lowest BCUT2D eigenvalue weighted by atomic mass is 10.3. The lowest BCUT2D eigenvalue weighted by Crippen LogP contribution is -2.30. The third-order valence-corrected chi connectivity index (χ3v) is 3.34. The van der Waals surface area contributed by atoms with Crippen LogP contribution in [0.5, 0.6) is 0 Å². The van der Waals surface area contributed by atoms with Crippen LogP contribution in [0.4, 0.5) is 5.95 Å². The van der Waals surface area contributed by atoms with Gasteiger partial charge in [-0.2, -0.15) is 0 Å². The number of halogens is 1. The highest BCUT2D eigenvalue weighted by molar-refractivity contribution is 14.1. The second-order valence-corrected chi connectivity index (χ2v) is 5.28. The number of rotatable bonds is 5. The van der Waals surface area contributed by atoms with Crippen LogP contribution in [0.25, 0.3) is 11.0 Å².